The van der Waals surface area contributed by atoms with Crippen LogP contribution in [0.15, 0.2) is 78.4 Å². The number of Topliss-reactive ketones (excluding diaryl/α,β-unsaturated/α-hetero) is 1. The molecule has 1 unspecified atom stereocenters. The number of anilines is 1. The number of carbonyl (C=O) groups is 2. The van der Waals surface area contributed by atoms with E-state index in [1.165, 1.54) is 42.5 Å². The molecule has 2 N–H and O–H groups in total. The van der Waals surface area contributed by atoms with Crippen LogP contribution in [-0.2, 0) is 15.8 Å². The zero-order valence-electron chi connectivity index (χ0n) is 17.6. The fourth-order valence-corrected chi connectivity index (χ4v) is 3.84. The molecule has 35 heavy (non-hydrogen) atoms. The molecule has 1 saturated heterocycles. The van der Waals surface area contributed by atoms with Gasteiger partial charge in [-0.15, -0.1) is 0 Å². The molecule has 1 amide bonds. The maximum Gasteiger partial charge on any atom is 0.416 e. The molecule has 3 aromatic carbocycles. The molecule has 1 fully saturated rings. The molecule has 1 aliphatic heterocycles. The summed E-state index contributed by atoms with van der Waals surface area (Å²) in [5, 5.41) is 31.8. The molecule has 4 rings (SSSR count). The number of nitrogens with zero attached hydrogens (tertiary/aromatic N) is 2. The highest BCUT2D eigenvalue weighted by atomic mass is 19.4. The van der Waals surface area contributed by atoms with Crippen LogP contribution in [-0.4, -0.2) is 26.8 Å². The first kappa shape index (κ1) is 23.5. The number of non-ortho nitro benzene ring substituents is 1. The molecule has 11 heteroatoms. The Labute approximate surface area is 195 Å². The number of nitro groups is 1. The summed E-state index contributed by atoms with van der Waals surface area (Å²) in [6, 6.07) is 12.3. The number of benzene rings is 3. The van der Waals surface area contributed by atoms with Gasteiger partial charge in [0.25, 0.3) is 17.4 Å². The summed E-state index contributed by atoms with van der Waals surface area (Å²) in [4.78, 5) is 37.1. The average Bonchev–Trinajstić information content (AvgIpc) is 3.08. The van der Waals surface area contributed by atoms with Crippen molar-refractivity contribution in [1.82, 2.24) is 0 Å². The number of ketones is 1. The van der Waals surface area contributed by atoms with Crippen LogP contribution >= 0.6 is 0 Å². The van der Waals surface area contributed by atoms with E-state index in [0.29, 0.717) is 6.07 Å². The van der Waals surface area contributed by atoms with Gasteiger partial charge in [0.1, 0.15) is 11.5 Å². The molecule has 0 saturated carbocycles. The van der Waals surface area contributed by atoms with E-state index >= 15 is 0 Å². The van der Waals surface area contributed by atoms with Crippen LogP contribution < -0.4 is 4.90 Å². The van der Waals surface area contributed by atoms with Gasteiger partial charge in [0.2, 0.25) is 0 Å². The predicted octanol–water partition coefficient (Wildman–Crippen LogP) is 4.95. The third-order valence-corrected chi connectivity index (χ3v) is 5.43. The molecule has 0 aromatic heterocycles. The number of phenolic OH excluding ortho intramolecular Hbond substituents is 1. The fraction of sp³-hybridized carbons (Fsp3) is 0.0833. The van der Waals surface area contributed by atoms with E-state index in [1.54, 1.807) is 0 Å². The molecule has 3 aromatic rings. The van der Waals surface area contributed by atoms with Crippen molar-refractivity contribution in [2.24, 2.45) is 0 Å². The van der Waals surface area contributed by atoms with Gasteiger partial charge in [-0.25, -0.2) is 0 Å². The molecule has 0 radical (unpaired) electrons. The van der Waals surface area contributed by atoms with Crippen molar-refractivity contribution in [2.45, 2.75) is 12.2 Å². The highest BCUT2D eigenvalue weighted by Crippen LogP contribution is 2.44. The van der Waals surface area contributed by atoms with Crippen LogP contribution in [0.5, 0.6) is 5.75 Å². The third-order valence-electron chi connectivity index (χ3n) is 5.43. The first-order chi connectivity index (χ1) is 16.5. The molecule has 0 spiro atoms. The minimum absolute atomic E-state index is 0.0252. The molecule has 8 nitrogen and oxygen atoms in total. The summed E-state index contributed by atoms with van der Waals surface area (Å²) in [7, 11) is 0. The van der Waals surface area contributed by atoms with Gasteiger partial charge < -0.3 is 10.2 Å². The number of aliphatic hydroxyl groups is 1. The second-order valence-electron chi connectivity index (χ2n) is 7.62. The summed E-state index contributed by atoms with van der Waals surface area (Å²) >= 11 is 0. The van der Waals surface area contributed by atoms with Crippen molar-refractivity contribution in [3.8, 4) is 5.75 Å². The highest BCUT2D eigenvalue weighted by molar-refractivity contribution is 6.51. The smallest absolute Gasteiger partial charge is 0.416 e. The van der Waals surface area contributed by atoms with Crippen molar-refractivity contribution in [2.75, 3.05) is 4.90 Å². The van der Waals surface area contributed by atoms with Crippen molar-refractivity contribution in [3.05, 3.63) is 105 Å². The molecule has 0 bridgehead atoms. The van der Waals surface area contributed by atoms with Crippen LogP contribution in [0.3, 0.4) is 0 Å². The van der Waals surface area contributed by atoms with Gasteiger partial charge in [-0.1, -0.05) is 18.2 Å². The number of amides is 1. The zero-order chi connectivity index (χ0) is 25.5. The summed E-state index contributed by atoms with van der Waals surface area (Å²) < 4.78 is 39.9. The molecular weight excluding hydrogens is 469 g/mol. The highest BCUT2D eigenvalue weighted by Gasteiger charge is 2.47. The van der Waals surface area contributed by atoms with Crippen molar-refractivity contribution in [1.29, 1.82) is 0 Å². The Balaban J connectivity index is 1.93. The van der Waals surface area contributed by atoms with E-state index in [1.807, 2.05) is 0 Å². The second-order valence-corrected chi connectivity index (χ2v) is 7.62. The summed E-state index contributed by atoms with van der Waals surface area (Å²) in [5.41, 5.74) is -1.92. The van der Waals surface area contributed by atoms with Gasteiger partial charge in [0.05, 0.1) is 22.1 Å². The molecule has 1 atom stereocenters. The van der Waals surface area contributed by atoms with E-state index in [-0.39, 0.29) is 28.3 Å². The van der Waals surface area contributed by atoms with Gasteiger partial charge in [0.15, 0.2) is 0 Å². The first-order valence-electron chi connectivity index (χ1n) is 10.0. The summed E-state index contributed by atoms with van der Waals surface area (Å²) in [5.74, 6) is -3.29. The SMILES string of the molecule is O=C1C(=O)N(c2cccc(C(F)(F)F)c2)C(c2cccc(O)c2)/C1=C(\O)c1ccc([N+](=O)[O-])cc1. The van der Waals surface area contributed by atoms with Gasteiger partial charge >= 0.3 is 6.18 Å². The first-order valence-corrected chi connectivity index (χ1v) is 10.0. The van der Waals surface area contributed by atoms with Crippen LogP contribution in [0.25, 0.3) is 5.76 Å². The Bertz CT molecular complexity index is 1380. The number of nitro benzene ring substituents is 1. The lowest BCUT2D eigenvalue weighted by atomic mass is 9.95. The predicted molar refractivity (Wildman–Crippen MR) is 117 cm³/mol. The Hall–Kier alpha value is -4.67. The van der Waals surface area contributed by atoms with Crippen molar-refractivity contribution in [3.63, 3.8) is 0 Å². The molecule has 1 heterocycles. The standard InChI is InChI=1S/C24H15F3N2O6/c25-24(26,27)15-4-2-5-17(12-15)28-20(14-3-1-6-18(30)11-14)19(22(32)23(28)33)21(31)13-7-9-16(10-8-13)29(34)35/h1-12,20,30-31H/b21-19+. The van der Waals surface area contributed by atoms with Gasteiger partial charge in [-0.3, -0.25) is 24.6 Å². The van der Waals surface area contributed by atoms with Crippen molar-refractivity contribution >= 4 is 28.8 Å². The Kier molecular flexibility index (Phi) is 5.77. The van der Waals surface area contributed by atoms with Crippen LogP contribution in [0.4, 0.5) is 24.5 Å². The van der Waals surface area contributed by atoms with Crippen LogP contribution in [0.2, 0.25) is 0 Å². The zero-order valence-corrected chi connectivity index (χ0v) is 17.6. The third kappa shape index (κ3) is 4.31. The lowest BCUT2D eigenvalue weighted by Crippen LogP contribution is -2.29. The normalized spacial score (nSPS) is 17.6. The van der Waals surface area contributed by atoms with E-state index in [2.05, 4.69) is 0 Å². The van der Waals surface area contributed by atoms with E-state index < -0.39 is 45.7 Å². The second kappa shape index (κ2) is 8.60. The monoisotopic (exact) mass is 484 g/mol. The number of halogens is 3. The number of alkyl halides is 3. The van der Waals surface area contributed by atoms with E-state index in [9.17, 15) is 43.1 Å². The van der Waals surface area contributed by atoms with Gasteiger partial charge in [-0.05, 0) is 48.0 Å². The number of aliphatic hydroxyl groups excluding tert-OH is 1. The molecule has 1 aliphatic rings. The van der Waals surface area contributed by atoms with Crippen molar-refractivity contribution < 1.29 is 37.9 Å². The Morgan fingerprint density at radius 2 is 1.63 bits per heavy atom. The summed E-state index contributed by atoms with van der Waals surface area (Å²) in [6.07, 6.45) is -4.72. The minimum atomic E-state index is -4.72. The maximum absolute atomic E-state index is 13.3. The van der Waals surface area contributed by atoms with Crippen LogP contribution in [0.1, 0.15) is 22.7 Å². The minimum Gasteiger partial charge on any atom is -0.508 e. The maximum atomic E-state index is 13.3. The summed E-state index contributed by atoms with van der Waals surface area (Å²) in [6.45, 7) is 0. The Morgan fingerprint density at radius 3 is 2.23 bits per heavy atom. The lowest BCUT2D eigenvalue weighted by Gasteiger charge is -2.26. The van der Waals surface area contributed by atoms with Gasteiger partial charge in [-0.2, -0.15) is 13.2 Å². The lowest BCUT2D eigenvalue weighted by molar-refractivity contribution is -0.384. The molecule has 0 aliphatic carbocycles. The number of hydrogen-bond donors (Lipinski definition) is 2. The number of aromatic hydroxyl groups is 1. The van der Waals surface area contributed by atoms with E-state index in [4.69, 9.17) is 0 Å². The van der Waals surface area contributed by atoms with Crippen LogP contribution in [0, 0.1) is 10.1 Å². The number of carbonyl (C=O) groups excluding carboxylic acids is 2. The van der Waals surface area contributed by atoms with Gasteiger partial charge in [0, 0.05) is 23.4 Å². The largest absolute Gasteiger partial charge is 0.508 e. The fourth-order valence-electron chi connectivity index (χ4n) is 3.84. The number of phenols is 1. The molecule has 178 valence electrons. The number of rotatable bonds is 4. The quantitative estimate of drug-likeness (QED) is 0.178. The Morgan fingerprint density at radius 1 is 0.971 bits per heavy atom. The number of hydrogen-bond acceptors (Lipinski definition) is 6. The molecular formula is C24H15F3N2O6. The van der Waals surface area contributed by atoms with E-state index in [0.717, 1.165) is 29.2 Å². The average molecular weight is 484 g/mol. The topological polar surface area (TPSA) is 121 Å².